The van der Waals surface area contributed by atoms with Crippen molar-refractivity contribution in [2.45, 2.75) is 26.9 Å². The van der Waals surface area contributed by atoms with Crippen molar-refractivity contribution in [2.75, 3.05) is 0 Å². The lowest BCUT2D eigenvalue weighted by Gasteiger charge is -2.08. The maximum absolute atomic E-state index is 12.8. The quantitative estimate of drug-likeness (QED) is 0.336. The van der Waals surface area contributed by atoms with Gasteiger partial charge in [0.25, 0.3) is 5.56 Å². The third kappa shape index (κ3) is 4.15. The Hall–Kier alpha value is -4.20. The van der Waals surface area contributed by atoms with E-state index in [2.05, 4.69) is 4.98 Å². The van der Waals surface area contributed by atoms with Crippen molar-refractivity contribution in [3.63, 3.8) is 0 Å². The minimum atomic E-state index is -0.433. The molecule has 0 aliphatic heterocycles. The number of nitrogens with zero attached hydrogens (tertiary/aromatic N) is 4. The second kappa shape index (κ2) is 9.12. The number of fused-ring (bicyclic) bond motifs is 1. The molecule has 0 saturated carbocycles. The van der Waals surface area contributed by atoms with Crippen molar-refractivity contribution in [1.29, 1.82) is 0 Å². The summed E-state index contributed by atoms with van der Waals surface area (Å²) in [6, 6.07) is 15.9. The van der Waals surface area contributed by atoms with E-state index in [0.29, 0.717) is 41.4 Å². The number of benzene rings is 2. The summed E-state index contributed by atoms with van der Waals surface area (Å²) in [6.45, 7) is 4.31. The normalized spacial score (nSPS) is 11.4. The fourth-order valence-electron chi connectivity index (χ4n) is 3.68. The Morgan fingerprint density at radius 2 is 1.70 bits per heavy atom. The molecule has 0 aliphatic carbocycles. The number of carbonyl (C=O) groups is 1. The van der Waals surface area contributed by atoms with Gasteiger partial charge in [-0.3, -0.25) is 13.9 Å². The van der Waals surface area contributed by atoms with Crippen LogP contribution in [0.4, 0.5) is 0 Å². The van der Waals surface area contributed by atoms with Crippen molar-refractivity contribution < 1.29 is 9.53 Å². The second-order valence-corrected chi connectivity index (χ2v) is 7.44. The van der Waals surface area contributed by atoms with Gasteiger partial charge in [-0.2, -0.15) is 0 Å². The van der Waals surface area contributed by atoms with E-state index < -0.39 is 5.97 Å². The summed E-state index contributed by atoms with van der Waals surface area (Å²) in [5.74, 6) is 0.516. The summed E-state index contributed by atoms with van der Waals surface area (Å²) in [5.41, 5.74) is 1.29. The van der Waals surface area contributed by atoms with Gasteiger partial charge in [0.05, 0.1) is 5.56 Å². The van der Waals surface area contributed by atoms with Crippen LogP contribution in [-0.4, -0.2) is 24.7 Å². The molecule has 0 fully saturated rings. The maximum Gasteiger partial charge on any atom is 0.343 e. The average molecular weight is 444 g/mol. The molecular weight excluding hydrogens is 420 g/mol. The zero-order valence-corrected chi connectivity index (χ0v) is 18.7. The van der Waals surface area contributed by atoms with E-state index in [-0.39, 0.29) is 11.2 Å². The van der Waals surface area contributed by atoms with Gasteiger partial charge in [-0.15, -0.1) is 0 Å². The molecule has 0 unspecified atom stereocenters. The number of imidazole rings is 1. The lowest BCUT2D eigenvalue weighted by molar-refractivity contribution is 0.0735. The Morgan fingerprint density at radius 1 is 0.970 bits per heavy atom. The highest BCUT2D eigenvalue weighted by Gasteiger charge is 2.17. The molecule has 0 saturated heterocycles. The molecule has 4 aromatic rings. The Morgan fingerprint density at radius 3 is 2.39 bits per heavy atom. The molecule has 33 heavy (non-hydrogen) atoms. The average Bonchev–Trinajstić information content (AvgIpc) is 3.15. The minimum absolute atomic E-state index is 0.290. The van der Waals surface area contributed by atoms with Crippen LogP contribution < -0.4 is 16.0 Å². The van der Waals surface area contributed by atoms with Crippen LogP contribution >= 0.6 is 0 Å². The van der Waals surface area contributed by atoms with Crippen LogP contribution in [0.3, 0.4) is 0 Å². The Balaban J connectivity index is 1.67. The van der Waals surface area contributed by atoms with Gasteiger partial charge in [-0.05, 0) is 49.8 Å². The number of aromatic nitrogens is 4. The van der Waals surface area contributed by atoms with Gasteiger partial charge in [0.2, 0.25) is 0 Å². The highest BCUT2D eigenvalue weighted by molar-refractivity contribution is 5.91. The zero-order chi connectivity index (χ0) is 23.5. The molecule has 0 spiro atoms. The number of carbonyl (C=O) groups excluding carboxylic acids is 1. The van der Waals surface area contributed by atoms with Crippen LogP contribution in [0.2, 0.25) is 0 Å². The summed E-state index contributed by atoms with van der Waals surface area (Å²) < 4.78 is 9.87. The highest BCUT2D eigenvalue weighted by atomic mass is 16.5. The van der Waals surface area contributed by atoms with Crippen LogP contribution in [0.25, 0.3) is 23.3 Å². The van der Waals surface area contributed by atoms with Crippen molar-refractivity contribution in [2.24, 2.45) is 7.05 Å². The van der Waals surface area contributed by atoms with Crippen LogP contribution in [0.1, 0.15) is 35.6 Å². The van der Waals surface area contributed by atoms with Gasteiger partial charge in [0, 0.05) is 20.1 Å². The van der Waals surface area contributed by atoms with Gasteiger partial charge < -0.3 is 9.30 Å². The molecule has 4 rings (SSSR count). The van der Waals surface area contributed by atoms with Crippen LogP contribution in [0.5, 0.6) is 5.75 Å². The van der Waals surface area contributed by atoms with E-state index in [0.717, 1.165) is 5.56 Å². The van der Waals surface area contributed by atoms with Crippen molar-refractivity contribution in [3.05, 3.63) is 92.4 Å². The van der Waals surface area contributed by atoms with Crippen LogP contribution in [0, 0.1) is 0 Å². The molecule has 168 valence electrons. The fraction of sp³-hybridized carbons (Fsp3) is 0.200. The van der Waals surface area contributed by atoms with E-state index in [9.17, 15) is 14.4 Å². The molecule has 8 heteroatoms. The first-order valence-corrected chi connectivity index (χ1v) is 10.7. The van der Waals surface area contributed by atoms with E-state index >= 15 is 0 Å². The molecular formula is C25H24N4O4. The van der Waals surface area contributed by atoms with Gasteiger partial charge in [0.1, 0.15) is 11.6 Å². The first-order valence-electron chi connectivity index (χ1n) is 10.7. The second-order valence-electron chi connectivity index (χ2n) is 7.44. The SMILES string of the molecule is CCn1c(=O)c2c(nc(C=Cc3cccc(OC(=O)c4ccccc4)c3)n2C)n(CC)c1=O. The molecule has 0 N–H and O–H groups in total. The lowest BCUT2D eigenvalue weighted by atomic mass is 10.2. The highest BCUT2D eigenvalue weighted by Crippen LogP contribution is 2.18. The first kappa shape index (κ1) is 22.0. The minimum Gasteiger partial charge on any atom is -0.423 e. The largest absolute Gasteiger partial charge is 0.423 e. The molecule has 2 heterocycles. The molecule has 0 atom stereocenters. The van der Waals surface area contributed by atoms with E-state index in [1.165, 1.54) is 9.13 Å². The Labute approximate surface area is 190 Å². The molecule has 0 amide bonds. The predicted molar refractivity (Wildman–Crippen MR) is 127 cm³/mol. The third-order valence-electron chi connectivity index (χ3n) is 5.41. The summed E-state index contributed by atoms with van der Waals surface area (Å²) in [7, 11) is 1.75. The number of rotatable bonds is 6. The summed E-state index contributed by atoms with van der Waals surface area (Å²) in [5, 5.41) is 0. The van der Waals surface area contributed by atoms with E-state index in [4.69, 9.17) is 4.74 Å². The van der Waals surface area contributed by atoms with Crippen molar-refractivity contribution in [1.82, 2.24) is 18.7 Å². The summed E-state index contributed by atoms with van der Waals surface area (Å²) >= 11 is 0. The van der Waals surface area contributed by atoms with Crippen LogP contribution in [0.15, 0.2) is 64.2 Å². The summed E-state index contributed by atoms with van der Waals surface area (Å²) in [4.78, 5) is 42.3. The summed E-state index contributed by atoms with van der Waals surface area (Å²) in [6.07, 6.45) is 3.58. The predicted octanol–water partition coefficient (Wildman–Crippen LogP) is 3.33. The van der Waals surface area contributed by atoms with Gasteiger partial charge >= 0.3 is 11.7 Å². The van der Waals surface area contributed by atoms with Crippen molar-refractivity contribution in [3.8, 4) is 5.75 Å². The molecule has 0 radical (unpaired) electrons. The van der Waals surface area contributed by atoms with Crippen LogP contribution in [-0.2, 0) is 20.1 Å². The van der Waals surface area contributed by atoms with E-state index in [1.54, 1.807) is 67.1 Å². The fourth-order valence-corrected chi connectivity index (χ4v) is 3.68. The standard InChI is InChI=1S/C25H24N4O4/c1-4-28-22-21(23(30)29(5-2)25(28)32)27(3)20(26-22)15-14-17-10-9-13-19(16-17)33-24(31)18-11-7-6-8-12-18/h6-16H,4-5H2,1-3H3. The first-order chi connectivity index (χ1) is 15.9. The lowest BCUT2D eigenvalue weighted by Crippen LogP contribution is -2.39. The number of ether oxygens (including phenoxy) is 1. The Kier molecular flexibility index (Phi) is 6.08. The van der Waals surface area contributed by atoms with Crippen molar-refractivity contribution >= 4 is 29.3 Å². The Bertz CT molecular complexity index is 1480. The van der Waals surface area contributed by atoms with Gasteiger partial charge in [-0.1, -0.05) is 36.4 Å². The molecule has 2 aromatic carbocycles. The topological polar surface area (TPSA) is 88.1 Å². The van der Waals surface area contributed by atoms with E-state index in [1.807, 2.05) is 25.1 Å². The number of esters is 1. The number of hydrogen-bond acceptors (Lipinski definition) is 5. The number of aryl methyl sites for hydroxylation is 2. The monoisotopic (exact) mass is 444 g/mol. The smallest absolute Gasteiger partial charge is 0.343 e. The third-order valence-corrected chi connectivity index (χ3v) is 5.41. The van der Waals surface area contributed by atoms with Gasteiger partial charge in [-0.25, -0.2) is 14.6 Å². The number of hydrogen-bond donors (Lipinski definition) is 0. The maximum atomic E-state index is 12.8. The molecule has 8 nitrogen and oxygen atoms in total. The molecule has 0 aliphatic rings. The van der Waals surface area contributed by atoms with Gasteiger partial charge in [0.15, 0.2) is 11.2 Å². The molecule has 2 aromatic heterocycles. The molecule has 0 bridgehead atoms. The zero-order valence-electron chi connectivity index (χ0n) is 18.7.